The van der Waals surface area contributed by atoms with Crippen LogP contribution in [0.5, 0.6) is 0 Å². The first kappa shape index (κ1) is 12.8. The summed E-state index contributed by atoms with van der Waals surface area (Å²) in [6.45, 7) is 0. The summed E-state index contributed by atoms with van der Waals surface area (Å²) in [5, 5.41) is 14.6. The van der Waals surface area contributed by atoms with Gasteiger partial charge in [0.2, 0.25) is 11.7 Å². The van der Waals surface area contributed by atoms with Crippen LogP contribution in [-0.2, 0) is 12.8 Å². The number of aromatic nitrogens is 5. The monoisotopic (exact) mass is 357 g/mol. The Bertz CT molecular complexity index is 691. The lowest BCUT2D eigenvalue weighted by atomic mass is 10.4. The molecule has 0 spiro atoms. The molecule has 98 valence electrons. The highest BCUT2D eigenvalue weighted by Gasteiger charge is 2.12. The summed E-state index contributed by atoms with van der Waals surface area (Å²) in [4.78, 5) is 5.33. The van der Waals surface area contributed by atoms with Crippen LogP contribution in [0.25, 0.3) is 10.7 Å². The van der Waals surface area contributed by atoms with Crippen LogP contribution < -0.4 is 0 Å². The molecule has 0 atom stereocenters. The second-order valence-corrected chi connectivity index (χ2v) is 6.42. The Morgan fingerprint density at radius 1 is 1.53 bits per heavy atom. The van der Waals surface area contributed by atoms with Gasteiger partial charge in [-0.2, -0.15) is 4.98 Å². The van der Waals surface area contributed by atoms with Crippen molar-refractivity contribution in [3.63, 3.8) is 0 Å². The number of rotatable bonds is 4. The third kappa shape index (κ3) is 2.88. The van der Waals surface area contributed by atoms with E-state index in [4.69, 9.17) is 4.52 Å². The molecule has 0 amide bonds. The van der Waals surface area contributed by atoms with Crippen LogP contribution in [0, 0.1) is 0 Å². The molecule has 0 aliphatic carbocycles. The van der Waals surface area contributed by atoms with Crippen molar-refractivity contribution in [2.45, 2.75) is 10.9 Å². The normalized spacial score (nSPS) is 11.1. The average molecular weight is 358 g/mol. The number of nitrogens with zero attached hydrogens (tertiary/aromatic N) is 5. The molecule has 3 aromatic rings. The summed E-state index contributed by atoms with van der Waals surface area (Å²) in [6, 6.07) is 1.97. The van der Waals surface area contributed by atoms with E-state index >= 15 is 0 Å². The Labute approximate surface area is 125 Å². The predicted octanol–water partition coefficient (Wildman–Crippen LogP) is 2.98. The standard InChI is InChI=1S/C10H8BrN5OS2/c1-16-5-12-14-10(16)19-4-8-13-9(15-17-8)7-2-6(11)3-18-7/h2-3,5H,4H2,1H3. The Balaban J connectivity index is 1.70. The summed E-state index contributed by atoms with van der Waals surface area (Å²) >= 11 is 6.48. The van der Waals surface area contributed by atoms with Gasteiger partial charge in [-0.25, -0.2) is 0 Å². The molecular weight excluding hydrogens is 350 g/mol. The largest absolute Gasteiger partial charge is 0.338 e. The highest BCUT2D eigenvalue weighted by molar-refractivity contribution is 9.10. The van der Waals surface area contributed by atoms with Crippen LogP contribution in [0.1, 0.15) is 5.89 Å². The Hall–Kier alpha value is -1.19. The molecule has 0 N–H and O–H groups in total. The molecule has 0 fully saturated rings. The van der Waals surface area contributed by atoms with Crippen molar-refractivity contribution in [1.29, 1.82) is 0 Å². The fourth-order valence-corrected chi connectivity index (χ4v) is 3.45. The number of halogens is 1. The maximum Gasteiger partial charge on any atom is 0.237 e. The van der Waals surface area contributed by atoms with Crippen LogP contribution in [0.3, 0.4) is 0 Å². The van der Waals surface area contributed by atoms with E-state index in [1.165, 1.54) is 11.8 Å². The lowest BCUT2D eigenvalue weighted by Gasteiger charge is -1.95. The molecule has 0 saturated heterocycles. The maximum atomic E-state index is 5.22. The van der Waals surface area contributed by atoms with Gasteiger partial charge < -0.3 is 9.09 Å². The van der Waals surface area contributed by atoms with Crippen molar-refractivity contribution in [2.24, 2.45) is 7.05 Å². The van der Waals surface area contributed by atoms with Crippen LogP contribution in [0.4, 0.5) is 0 Å². The molecule has 3 heterocycles. The molecule has 19 heavy (non-hydrogen) atoms. The highest BCUT2D eigenvalue weighted by Crippen LogP contribution is 2.28. The zero-order valence-corrected chi connectivity index (χ0v) is 13.0. The lowest BCUT2D eigenvalue weighted by Crippen LogP contribution is -1.89. The van der Waals surface area contributed by atoms with E-state index in [1.54, 1.807) is 17.7 Å². The first-order valence-electron chi connectivity index (χ1n) is 5.26. The van der Waals surface area contributed by atoms with E-state index in [1.807, 2.05) is 23.1 Å². The Morgan fingerprint density at radius 3 is 3.11 bits per heavy atom. The first-order valence-corrected chi connectivity index (χ1v) is 7.92. The van der Waals surface area contributed by atoms with Crippen LogP contribution >= 0.6 is 39.0 Å². The van der Waals surface area contributed by atoms with Gasteiger partial charge in [-0.3, -0.25) is 0 Å². The molecule has 3 rings (SSSR count). The van der Waals surface area contributed by atoms with Crippen LogP contribution in [-0.4, -0.2) is 24.9 Å². The summed E-state index contributed by atoms with van der Waals surface area (Å²) in [7, 11) is 1.89. The summed E-state index contributed by atoms with van der Waals surface area (Å²) in [6.07, 6.45) is 1.66. The fraction of sp³-hybridized carbons (Fsp3) is 0.200. The third-order valence-electron chi connectivity index (χ3n) is 2.25. The van der Waals surface area contributed by atoms with Crippen molar-refractivity contribution in [3.8, 4) is 10.7 Å². The number of hydrogen-bond acceptors (Lipinski definition) is 7. The molecule has 0 aliphatic rings. The number of aryl methyl sites for hydroxylation is 1. The van der Waals surface area contributed by atoms with Gasteiger partial charge in [0.15, 0.2) is 5.16 Å². The van der Waals surface area contributed by atoms with Gasteiger partial charge in [-0.05, 0) is 22.0 Å². The van der Waals surface area contributed by atoms with Gasteiger partial charge >= 0.3 is 0 Å². The van der Waals surface area contributed by atoms with Gasteiger partial charge in [0.1, 0.15) is 6.33 Å². The minimum absolute atomic E-state index is 0.575. The summed E-state index contributed by atoms with van der Waals surface area (Å²) in [5.74, 6) is 1.77. The van der Waals surface area contributed by atoms with Crippen molar-refractivity contribution in [2.75, 3.05) is 0 Å². The fourth-order valence-electron chi connectivity index (χ4n) is 1.37. The van der Waals surface area contributed by atoms with Gasteiger partial charge in [0.05, 0.1) is 10.6 Å². The molecule has 0 bridgehead atoms. The molecule has 0 aliphatic heterocycles. The van der Waals surface area contributed by atoms with Gasteiger partial charge in [0.25, 0.3) is 0 Å². The van der Waals surface area contributed by atoms with E-state index in [-0.39, 0.29) is 0 Å². The Kier molecular flexibility index (Phi) is 3.67. The predicted molar refractivity (Wildman–Crippen MR) is 75.9 cm³/mol. The van der Waals surface area contributed by atoms with Crippen LogP contribution in [0.2, 0.25) is 0 Å². The molecule has 0 radical (unpaired) electrons. The zero-order chi connectivity index (χ0) is 13.2. The van der Waals surface area contributed by atoms with E-state index in [0.29, 0.717) is 17.5 Å². The molecular formula is C10H8BrN5OS2. The maximum absolute atomic E-state index is 5.22. The minimum Gasteiger partial charge on any atom is -0.338 e. The van der Waals surface area contributed by atoms with Crippen molar-refractivity contribution in [1.82, 2.24) is 24.9 Å². The van der Waals surface area contributed by atoms with Gasteiger partial charge in [-0.15, -0.1) is 21.5 Å². The van der Waals surface area contributed by atoms with Crippen molar-refractivity contribution >= 4 is 39.0 Å². The molecule has 0 saturated carbocycles. The quantitative estimate of drug-likeness (QED) is 0.668. The van der Waals surface area contributed by atoms with Crippen molar-refractivity contribution < 1.29 is 4.52 Å². The molecule has 6 nitrogen and oxygen atoms in total. The lowest BCUT2D eigenvalue weighted by molar-refractivity contribution is 0.391. The second-order valence-electron chi connectivity index (χ2n) is 3.65. The molecule has 9 heteroatoms. The summed E-state index contributed by atoms with van der Waals surface area (Å²) in [5.41, 5.74) is 0. The number of thiophene rings is 1. The van der Waals surface area contributed by atoms with Gasteiger partial charge in [-0.1, -0.05) is 16.9 Å². The highest BCUT2D eigenvalue weighted by atomic mass is 79.9. The minimum atomic E-state index is 0.575. The number of hydrogen-bond donors (Lipinski definition) is 0. The molecule has 0 unspecified atom stereocenters. The SMILES string of the molecule is Cn1cnnc1SCc1nc(-c2cc(Br)cs2)no1. The summed E-state index contributed by atoms with van der Waals surface area (Å²) < 4.78 is 8.08. The van der Waals surface area contributed by atoms with E-state index in [9.17, 15) is 0 Å². The molecule has 3 aromatic heterocycles. The topological polar surface area (TPSA) is 69.6 Å². The third-order valence-corrected chi connectivity index (χ3v) is 4.96. The second kappa shape index (κ2) is 5.43. The van der Waals surface area contributed by atoms with E-state index in [2.05, 4.69) is 36.3 Å². The molecule has 0 aromatic carbocycles. The zero-order valence-electron chi connectivity index (χ0n) is 9.78. The average Bonchev–Trinajstić information content (AvgIpc) is 3.08. The van der Waals surface area contributed by atoms with Gasteiger partial charge in [0, 0.05) is 16.9 Å². The van der Waals surface area contributed by atoms with E-state index < -0.39 is 0 Å². The Morgan fingerprint density at radius 2 is 2.42 bits per heavy atom. The van der Waals surface area contributed by atoms with Crippen molar-refractivity contribution in [3.05, 3.63) is 28.1 Å². The van der Waals surface area contributed by atoms with E-state index in [0.717, 1.165) is 14.5 Å². The first-order chi connectivity index (χ1) is 9.22. The van der Waals surface area contributed by atoms with Crippen LogP contribution in [0.15, 0.2) is 31.9 Å². The number of thioether (sulfide) groups is 1. The smallest absolute Gasteiger partial charge is 0.237 e.